The Balaban J connectivity index is 1.96. The summed E-state index contributed by atoms with van der Waals surface area (Å²) in [7, 11) is 0. The Kier molecular flexibility index (Phi) is 4.30. The van der Waals surface area contributed by atoms with Crippen molar-refractivity contribution < 1.29 is 37.4 Å². The average molecular weight is 380 g/mol. The Morgan fingerprint density at radius 2 is 1.81 bits per heavy atom. The van der Waals surface area contributed by atoms with E-state index in [0.717, 1.165) is 0 Å². The lowest BCUT2D eigenvalue weighted by Crippen LogP contribution is -2.40. The van der Waals surface area contributed by atoms with Crippen LogP contribution < -0.4 is 0 Å². The molecule has 1 unspecified atom stereocenters. The fraction of sp³-hybridized carbons (Fsp3) is 0.471. The first-order valence-electron chi connectivity index (χ1n) is 9.98. The van der Waals surface area contributed by atoms with Gasteiger partial charge in [0.1, 0.15) is 18.2 Å². The van der Waals surface area contributed by atoms with Crippen LogP contribution in [0.25, 0.3) is 11.0 Å². The third-order valence-electron chi connectivity index (χ3n) is 3.85. The maximum absolute atomic E-state index is 11.9. The van der Waals surface area contributed by atoms with E-state index in [1.54, 1.807) is 24.3 Å². The van der Waals surface area contributed by atoms with Crippen molar-refractivity contribution in [3.63, 3.8) is 0 Å². The lowest BCUT2D eigenvalue weighted by atomic mass is 10.1. The van der Waals surface area contributed by atoms with E-state index in [1.807, 2.05) is 0 Å². The Morgan fingerprint density at radius 3 is 2.56 bits per heavy atom. The van der Waals surface area contributed by atoms with Gasteiger partial charge >= 0.3 is 17.9 Å². The number of nitrogens with zero attached hydrogens (tertiary/aromatic N) is 3. The van der Waals surface area contributed by atoms with Crippen LogP contribution in [0.4, 0.5) is 0 Å². The van der Waals surface area contributed by atoms with Gasteiger partial charge in [-0.2, -0.15) is 0 Å². The molecule has 10 nitrogen and oxygen atoms in total. The van der Waals surface area contributed by atoms with Crippen molar-refractivity contribution in [3.05, 3.63) is 24.3 Å². The van der Waals surface area contributed by atoms with Crippen LogP contribution in [0.1, 0.15) is 31.0 Å². The molecule has 0 spiro atoms. The monoisotopic (exact) mass is 380 g/mol. The van der Waals surface area contributed by atoms with Crippen molar-refractivity contribution in [3.8, 4) is 0 Å². The van der Waals surface area contributed by atoms with Crippen LogP contribution in [-0.4, -0.2) is 57.8 Å². The highest BCUT2D eigenvalue weighted by Crippen LogP contribution is 2.35. The van der Waals surface area contributed by atoms with Crippen LogP contribution in [0.3, 0.4) is 0 Å². The second-order valence-corrected chi connectivity index (χ2v) is 5.68. The molecule has 0 aliphatic carbocycles. The molecule has 3 rings (SSSR count). The van der Waals surface area contributed by atoms with Gasteiger partial charge in [0, 0.05) is 24.8 Å². The molecular weight excluding hydrogens is 358 g/mol. The van der Waals surface area contributed by atoms with Crippen molar-refractivity contribution in [2.24, 2.45) is 0 Å². The number of aromatic nitrogens is 3. The van der Waals surface area contributed by atoms with Crippen LogP contribution in [0.5, 0.6) is 0 Å². The zero-order valence-electron chi connectivity index (χ0n) is 17.1. The first-order valence-corrected chi connectivity index (χ1v) is 7.86. The molecule has 27 heavy (non-hydrogen) atoms. The molecule has 1 saturated heterocycles. The molecule has 0 saturated carbocycles. The first kappa shape index (κ1) is 15.1. The van der Waals surface area contributed by atoms with E-state index in [4.69, 9.17) is 23.1 Å². The summed E-state index contributed by atoms with van der Waals surface area (Å²) in [6, 6.07) is 6.92. The largest absolute Gasteiger partial charge is 0.463 e. The Morgan fingerprint density at radius 1 is 1.11 bits per heavy atom. The standard InChI is InChI=1S/C17H19N3O7/c1-9(21)24-8-14-15(25-10(2)22)16(26-11(3)23)17(27-14)20-13-7-5-4-6-12(13)18-19-20/h4-7,14-17H,8H2,1-3H3/t14-,15-,16-,17?/m1/s1/i1D,2D,3D. The predicted octanol–water partition coefficient (Wildman–Crippen LogP) is 0.755. The molecule has 10 heteroatoms. The Hall–Kier alpha value is -3.01. The number of fused-ring (bicyclic) bond motifs is 1. The molecule has 1 aliphatic heterocycles. The van der Waals surface area contributed by atoms with Gasteiger partial charge < -0.3 is 18.9 Å². The zero-order valence-corrected chi connectivity index (χ0v) is 14.1. The highest BCUT2D eigenvalue weighted by Gasteiger charge is 2.51. The maximum atomic E-state index is 11.9. The zero-order chi connectivity index (χ0) is 21.7. The molecule has 0 N–H and O–H groups in total. The number of benzene rings is 1. The molecule has 144 valence electrons. The quantitative estimate of drug-likeness (QED) is 0.547. The van der Waals surface area contributed by atoms with Gasteiger partial charge in [0.15, 0.2) is 18.4 Å². The van der Waals surface area contributed by atoms with Gasteiger partial charge in [-0.3, -0.25) is 14.4 Å². The van der Waals surface area contributed by atoms with Crippen molar-refractivity contribution in [1.82, 2.24) is 15.0 Å². The minimum atomic E-state index is -1.23. The molecule has 1 fully saturated rings. The highest BCUT2D eigenvalue weighted by molar-refractivity contribution is 5.74. The number of hydrogen-bond donors (Lipinski definition) is 0. The molecule has 2 heterocycles. The summed E-state index contributed by atoms with van der Waals surface area (Å²) in [5.74, 6) is -2.62. The van der Waals surface area contributed by atoms with Gasteiger partial charge in [0.05, 0.1) is 5.52 Å². The van der Waals surface area contributed by atoms with E-state index >= 15 is 0 Å². The summed E-state index contributed by atoms with van der Waals surface area (Å²) < 4.78 is 44.2. The molecule has 0 radical (unpaired) electrons. The summed E-state index contributed by atoms with van der Waals surface area (Å²) in [4.78, 5) is 35.1. The number of hydrogen-bond acceptors (Lipinski definition) is 9. The SMILES string of the molecule is [2H]CC(=O)OC[C@H]1OC(n2nnc3ccccc32)[C@H](OC(=O)C[2H])[C@@H]1OC(=O)C[2H]. The fourth-order valence-corrected chi connectivity index (χ4v) is 2.86. The summed E-state index contributed by atoms with van der Waals surface area (Å²) in [5.41, 5.74) is 1.08. The normalized spacial score (nSPS) is 26.0. The van der Waals surface area contributed by atoms with Crippen LogP contribution in [0.15, 0.2) is 24.3 Å². The predicted molar refractivity (Wildman–Crippen MR) is 89.2 cm³/mol. The van der Waals surface area contributed by atoms with Crippen molar-refractivity contribution in [2.45, 2.75) is 45.2 Å². The van der Waals surface area contributed by atoms with E-state index in [2.05, 4.69) is 10.3 Å². The Bertz CT molecular complexity index is 925. The number of carbonyl (C=O) groups is 3. The Labute approximate surface area is 158 Å². The van der Waals surface area contributed by atoms with Crippen molar-refractivity contribution in [2.75, 3.05) is 6.61 Å². The lowest BCUT2D eigenvalue weighted by Gasteiger charge is -2.23. The molecule has 1 aromatic heterocycles. The summed E-state index contributed by atoms with van der Waals surface area (Å²) in [6.45, 7) is -2.37. The first-order chi connectivity index (χ1) is 14.5. The number of ether oxygens (including phenoxy) is 4. The van der Waals surface area contributed by atoms with Crippen molar-refractivity contribution in [1.29, 1.82) is 0 Å². The summed E-state index contributed by atoms with van der Waals surface area (Å²) in [6.07, 6.45) is -4.63. The van der Waals surface area contributed by atoms with Gasteiger partial charge in [-0.15, -0.1) is 5.10 Å². The average Bonchev–Trinajstić information content (AvgIpc) is 3.33. The lowest BCUT2D eigenvalue weighted by molar-refractivity contribution is -0.166. The molecule has 0 bridgehead atoms. The molecule has 2 aromatic rings. The van der Waals surface area contributed by atoms with E-state index < -0.39 is 63.1 Å². The van der Waals surface area contributed by atoms with Crippen molar-refractivity contribution >= 4 is 28.9 Å². The van der Waals surface area contributed by atoms with E-state index in [9.17, 15) is 14.4 Å². The topological polar surface area (TPSA) is 119 Å². The minimum Gasteiger partial charge on any atom is -0.463 e. The molecule has 1 aromatic carbocycles. The van der Waals surface area contributed by atoms with Crippen LogP contribution >= 0.6 is 0 Å². The van der Waals surface area contributed by atoms with Gasteiger partial charge in [-0.25, -0.2) is 4.68 Å². The molecule has 0 amide bonds. The van der Waals surface area contributed by atoms with E-state index in [0.29, 0.717) is 11.0 Å². The minimum absolute atomic E-state index is 0.383. The second kappa shape index (κ2) is 7.70. The number of esters is 3. The summed E-state index contributed by atoms with van der Waals surface area (Å²) in [5, 5.41) is 8.05. The second-order valence-electron chi connectivity index (χ2n) is 5.68. The third-order valence-corrected chi connectivity index (χ3v) is 3.85. The number of para-hydroxylation sites is 1. The van der Waals surface area contributed by atoms with Gasteiger partial charge in [-0.05, 0) is 12.1 Å². The maximum Gasteiger partial charge on any atom is 0.303 e. The van der Waals surface area contributed by atoms with Gasteiger partial charge in [0.2, 0.25) is 0 Å². The van der Waals surface area contributed by atoms with Crippen LogP contribution in [0.2, 0.25) is 0 Å². The van der Waals surface area contributed by atoms with E-state index in [-0.39, 0.29) is 6.61 Å². The number of rotatable bonds is 5. The third kappa shape index (κ3) is 4.05. The molecule has 1 aliphatic rings. The molecular formula is C17H19N3O7. The summed E-state index contributed by atoms with van der Waals surface area (Å²) >= 11 is 0. The smallest absolute Gasteiger partial charge is 0.303 e. The fourth-order valence-electron chi connectivity index (χ4n) is 2.86. The van der Waals surface area contributed by atoms with Crippen LogP contribution in [0, 0.1) is 0 Å². The van der Waals surface area contributed by atoms with Crippen LogP contribution in [-0.2, 0) is 33.3 Å². The highest BCUT2D eigenvalue weighted by atomic mass is 16.7. The van der Waals surface area contributed by atoms with Gasteiger partial charge in [-0.1, -0.05) is 17.3 Å². The molecule has 4 atom stereocenters. The number of carbonyl (C=O) groups excluding carboxylic acids is 3. The van der Waals surface area contributed by atoms with E-state index in [1.165, 1.54) is 4.68 Å². The van der Waals surface area contributed by atoms with Gasteiger partial charge in [0.25, 0.3) is 0 Å².